The van der Waals surface area contributed by atoms with Gasteiger partial charge in [0, 0.05) is 12.8 Å². The van der Waals surface area contributed by atoms with Crippen molar-refractivity contribution in [2.45, 2.75) is 443 Å². The molecule has 0 fully saturated rings. The van der Waals surface area contributed by atoms with E-state index in [4.69, 9.17) is 4.74 Å². The molecule has 0 saturated heterocycles. The fourth-order valence-electron chi connectivity index (χ4n) is 12.2. The molecular formula is C77H149NO5. The van der Waals surface area contributed by atoms with Crippen LogP contribution in [0.25, 0.3) is 0 Å². The predicted octanol–water partition coefficient (Wildman–Crippen LogP) is 24.9. The second-order valence-electron chi connectivity index (χ2n) is 26.3. The van der Waals surface area contributed by atoms with Gasteiger partial charge in [-0.1, -0.05) is 385 Å². The Morgan fingerprint density at radius 1 is 0.337 bits per heavy atom. The Morgan fingerprint density at radius 3 is 0.940 bits per heavy atom. The number of carbonyl (C=O) groups excluding carboxylic acids is 2. The lowest BCUT2D eigenvalue weighted by molar-refractivity contribution is -0.143. The number of carbonyl (C=O) groups is 2. The van der Waals surface area contributed by atoms with Crippen molar-refractivity contribution in [2.24, 2.45) is 0 Å². The van der Waals surface area contributed by atoms with Crippen LogP contribution in [0.4, 0.5) is 0 Å². The van der Waals surface area contributed by atoms with Crippen molar-refractivity contribution in [1.29, 1.82) is 0 Å². The first-order chi connectivity index (χ1) is 41.0. The molecule has 2 atom stereocenters. The molecule has 0 aromatic rings. The van der Waals surface area contributed by atoms with E-state index in [2.05, 4.69) is 43.5 Å². The maximum Gasteiger partial charge on any atom is 0.305 e. The van der Waals surface area contributed by atoms with Crippen molar-refractivity contribution in [1.82, 2.24) is 5.32 Å². The van der Waals surface area contributed by atoms with Gasteiger partial charge in [0.2, 0.25) is 5.91 Å². The first-order valence-corrected chi connectivity index (χ1v) is 38.1. The molecule has 0 heterocycles. The number of nitrogens with one attached hydrogen (secondary N) is 1. The fourth-order valence-corrected chi connectivity index (χ4v) is 12.2. The van der Waals surface area contributed by atoms with E-state index in [0.717, 1.165) is 51.4 Å². The molecule has 0 aliphatic rings. The molecule has 0 spiro atoms. The van der Waals surface area contributed by atoms with Crippen molar-refractivity contribution >= 4 is 11.9 Å². The molecule has 0 aromatic heterocycles. The summed E-state index contributed by atoms with van der Waals surface area (Å²) in [4.78, 5) is 24.7. The number of unbranched alkanes of at least 4 members (excludes halogenated alkanes) is 57. The first kappa shape index (κ1) is 81.3. The van der Waals surface area contributed by atoms with Crippen LogP contribution in [0, 0.1) is 0 Å². The van der Waals surface area contributed by atoms with Gasteiger partial charge in [0.15, 0.2) is 0 Å². The smallest absolute Gasteiger partial charge is 0.305 e. The third kappa shape index (κ3) is 69.3. The van der Waals surface area contributed by atoms with Crippen molar-refractivity contribution < 1.29 is 24.5 Å². The minimum atomic E-state index is -0.665. The number of aliphatic hydroxyl groups excluding tert-OH is 2. The number of amides is 1. The van der Waals surface area contributed by atoms with Gasteiger partial charge >= 0.3 is 5.97 Å². The van der Waals surface area contributed by atoms with Crippen LogP contribution in [0.15, 0.2) is 24.3 Å². The molecule has 3 N–H and O–H groups in total. The van der Waals surface area contributed by atoms with Crippen LogP contribution in [0.5, 0.6) is 0 Å². The molecule has 6 heteroatoms. The highest BCUT2D eigenvalue weighted by Crippen LogP contribution is 2.20. The summed E-state index contributed by atoms with van der Waals surface area (Å²) in [5.41, 5.74) is 0. The standard InChI is InChI=1S/C77H149NO5/c1-3-5-7-9-11-13-15-17-19-21-22-23-24-28-31-34-38-41-45-49-53-57-61-65-69-75(80)74(73-79)78-76(81)70-66-62-58-54-50-46-42-39-35-32-29-26-25-27-30-33-36-40-44-48-52-56-60-64-68-72-83-77(82)71-67-63-59-55-51-47-43-37-20-18-16-14-12-10-8-6-4-2/h12,14,18,20,74-75,79-80H,3-11,13,15-17,19,21-73H2,1-2H3,(H,78,81)/b14-12-,20-18-. The topological polar surface area (TPSA) is 95.9 Å². The van der Waals surface area contributed by atoms with Gasteiger partial charge in [-0.3, -0.25) is 9.59 Å². The summed E-state index contributed by atoms with van der Waals surface area (Å²) in [7, 11) is 0. The maximum atomic E-state index is 12.6. The molecule has 83 heavy (non-hydrogen) atoms. The van der Waals surface area contributed by atoms with Gasteiger partial charge in [-0.05, 0) is 57.8 Å². The van der Waals surface area contributed by atoms with Gasteiger partial charge in [0.1, 0.15) is 0 Å². The summed E-state index contributed by atoms with van der Waals surface area (Å²) in [5.74, 6) is -0.0180. The Kier molecular flexibility index (Phi) is 71.4. The first-order valence-electron chi connectivity index (χ1n) is 38.1. The van der Waals surface area contributed by atoms with Crippen LogP contribution in [0.3, 0.4) is 0 Å². The molecule has 0 saturated carbocycles. The van der Waals surface area contributed by atoms with Gasteiger partial charge in [0.05, 0.1) is 25.4 Å². The lowest BCUT2D eigenvalue weighted by Gasteiger charge is -2.22. The van der Waals surface area contributed by atoms with Crippen LogP contribution >= 0.6 is 0 Å². The van der Waals surface area contributed by atoms with E-state index in [0.29, 0.717) is 25.9 Å². The van der Waals surface area contributed by atoms with Gasteiger partial charge in [-0.15, -0.1) is 0 Å². The SMILES string of the molecule is CCCCC/C=C\C/C=C\CCCCCCCCCC(=O)OCCCCCCCCCCCCCCCCCCCCCCCCCCCC(=O)NC(CO)C(O)CCCCCCCCCCCCCCCCCCCCCCCCCC. The molecular weight excluding hydrogens is 1020 g/mol. The number of esters is 1. The zero-order chi connectivity index (χ0) is 59.9. The normalized spacial score (nSPS) is 12.6. The highest BCUT2D eigenvalue weighted by molar-refractivity contribution is 5.76. The Labute approximate surface area is 520 Å². The number of hydrogen-bond acceptors (Lipinski definition) is 5. The zero-order valence-corrected chi connectivity index (χ0v) is 56.5. The van der Waals surface area contributed by atoms with Gasteiger partial charge in [-0.2, -0.15) is 0 Å². The van der Waals surface area contributed by atoms with Crippen LogP contribution in [-0.4, -0.2) is 47.4 Å². The van der Waals surface area contributed by atoms with Crippen molar-refractivity contribution in [3.63, 3.8) is 0 Å². The molecule has 0 rings (SSSR count). The number of allylic oxidation sites excluding steroid dienone is 4. The lowest BCUT2D eigenvalue weighted by atomic mass is 10.0. The Bertz CT molecular complexity index is 1300. The van der Waals surface area contributed by atoms with E-state index in [9.17, 15) is 19.8 Å². The monoisotopic (exact) mass is 1170 g/mol. The number of ether oxygens (including phenoxy) is 1. The van der Waals surface area contributed by atoms with Crippen LogP contribution < -0.4 is 5.32 Å². The second kappa shape index (κ2) is 72.8. The molecule has 0 radical (unpaired) electrons. The van der Waals surface area contributed by atoms with E-state index in [-0.39, 0.29) is 18.5 Å². The number of aliphatic hydroxyl groups is 2. The van der Waals surface area contributed by atoms with Gasteiger partial charge in [0.25, 0.3) is 0 Å². The largest absolute Gasteiger partial charge is 0.466 e. The maximum absolute atomic E-state index is 12.6. The number of hydrogen-bond donors (Lipinski definition) is 3. The molecule has 0 aromatic carbocycles. The van der Waals surface area contributed by atoms with Crippen molar-refractivity contribution in [3.8, 4) is 0 Å². The van der Waals surface area contributed by atoms with Crippen LogP contribution in [0.2, 0.25) is 0 Å². The predicted molar refractivity (Wildman–Crippen MR) is 366 cm³/mol. The second-order valence-corrected chi connectivity index (χ2v) is 26.3. The van der Waals surface area contributed by atoms with E-state index >= 15 is 0 Å². The molecule has 492 valence electrons. The third-order valence-corrected chi connectivity index (χ3v) is 18.0. The Morgan fingerprint density at radius 2 is 0.602 bits per heavy atom. The van der Waals surface area contributed by atoms with Gasteiger partial charge < -0.3 is 20.3 Å². The minimum absolute atomic E-state index is 0.00981. The van der Waals surface area contributed by atoms with Crippen LogP contribution in [0.1, 0.15) is 431 Å². The molecule has 2 unspecified atom stereocenters. The minimum Gasteiger partial charge on any atom is -0.466 e. The van der Waals surface area contributed by atoms with E-state index in [1.807, 2.05) is 0 Å². The Hall–Kier alpha value is -1.66. The summed E-state index contributed by atoms with van der Waals surface area (Å²) in [6.07, 6.45) is 92.4. The van der Waals surface area contributed by atoms with Crippen LogP contribution in [-0.2, 0) is 14.3 Å². The number of rotatable bonds is 72. The van der Waals surface area contributed by atoms with Gasteiger partial charge in [-0.25, -0.2) is 0 Å². The van der Waals surface area contributed by atoms with Crippen molar-refractivity contribution in [3.05, 3.63) is 24.3 Å². The fraction of sp³-hybridized carbons (Fsp3) is 0.922. The van der Waals surface area contributed by atoms with Crippen molar-refractivity contribution in [2.75, 3.05) is 13.2 Å². The highest BCUT2D eigenvalue weighted by Gasteiger charge is 2.20. The zero-order valence-electron chi connectivity index (χ0n) is 56.5. The van der Waals surface area contributed by atoms with E-state index < -0.39 is 12.1 Å². The summed E-state index contributed by atoms with van der Waals surface area (Å²) >= 11 is 0. The molecule has 1 amide bonds. The quantitative estimate of drug-likeness (QED) is 0.0320. The lowest BCUT2D eigenvalue weighted by Crippen LogP contribution is -2.45. The Balaban J connectivity index is 3.36. The summed E-state index contributed by atoms with van der Waals surface area (Å²) < 4.78 is 5.50. The molecule has 0 aliphatic carbocycles. The molecule has 0 aliphatic heterocycles. The van der Waals surface area contributed by atoms with E-state index in [1.165, 1.54) is 347 Å². The average molecular weight is 1170 g/mol. The molecule has 6 nitrogen and oxygen atoms in total. The summed E-state index contributed by atoms with van der Waals surface area (Å²) in [6.45, 7) is 4.97. The average Bonchev–Trinajstić information content (AvgIpc) is 3.48. The summed E-state index contributed by atoms with van der Waals surface area (Å²) in [6, 6.07) is -0.542. The third-order valence-electron chi connectivity index (χ3n) is 18.0. The highest BCUT2D eigenvalue weighted by atomic mass is 16.5. The summed E-state index contributed by atoms with van der Waals surface area (Å²) in [5, 5.41) is 23.5. The molecule has 0 bridgehead atoms. The van der Waals surface area contributed by atoms with E-state index in [1.54, 1.807) is 0 Å².